The number of carboxylic acids is 1. The van der Waals surface area contributed by atoms with Crippen LogP contribution >= 0.6 is 11.6 Å². The fourth-order valence-corrected chi connectivity index (χ4v) is 1.53. The van der Waals surface area contributed by atoms with Gasteiger partial charge in [0, 0.05) is 5.56 Å². The summed E-state index contributed by atoms with van der Waals surface area (Å²) >= 11 is 5.69. The zero-order valence-corrected chi connectivity index (χ0v) is 9.91. The third kappa shape index (κ3) is 3.07. The molecular formula is C12H13ClO3. The quantitative estimate of drug-likeness (QED) is 0.650. The molecule has 0 spiro atoms. The van der Waals surface area contributed by atoms with E-state index in [1.54, 1.807) is 25.1 Å². The fourth-order valence-electron chi connectivity index (χ4n) is 1.41. The zero-order valence-electron chi connectivity index (χ0n) is 9.16. The van der Waals surface area contributed by atoms with Crippen LogP contribution in [0.2, 0.25) is 0 Å². The SMILES string of the molecule is Cc1ccc(C(=O)C(C)Cl)cc1CC(=O)O. The largest absolute Gasteiger partial charge is 0.481 e. The summed E-state index contributed by atoms with van der Waals surface area (Å²) in [6, 6.07) is 5.01. The molecule has 0 aromatic heterocycles. The van der Waals surface area contributed by atoms with Crippen molar-refractivity contribution in [2.45, 2.75) is 25.6 Å². The molecule has 0 saturated heterocycles. The van der Waals surface area contributed by atoms with Crippen molar-refractivity contribution in [3.05, 3.63) is 34.9 Å². The highest BCUT2D eigenvalue weighted by molar-refractivity contribution is 6.33. The van der Waals surface area contributed by atoms with Crippen LogP contribution in [0.1, 0.15) is 28.4 Å². The van der Waals surface area contributed by atoms with Crippen LogP contribution in [0.3, 0.4) is 0 Å². The highest BCUT2D eigenvalue weighted by Crippen LogP contribution is 2.15. The summed E-state index contributed by atoms with van der Waals surface area (Å²) in [5, 5.41) is 8.12. The van der Waals surface area contributed by atoms with Gasteiger partial charge in [-0.25, -0.2) is 0 Å². The molecule has 1 N–H and O–H groups in total. The summed E-state index contributed by atoms with van der Waals surface area (Å²) in [5.41, 5.74) is 1.97. The minimum absolute atomic E-state index is 0.0797. The number of aliphatic carboxylic acids is 1. The Labute approximate surface area is 99.0 Å². The number of hydrogen-bond donors (Lipinski definition) is 1. The van der Waals surface area contributed by atoms with Gasteiger partial charge in [-0.2, -0.15) is 0 Å². The molecule has 3 nitrogen and oxygen atoms in total. The van der Waals surface area contributed by atoms with Crippen LogP contribution in [0.15, 0.2) is 18.2 Å². The van der Waals surface area contributed by atoms with Crippen LogP contribution in [0.4, 0.5) is 0 Å². The molecule has 0 heterocycles. The molecule has 0 radical (unpaired) electrons. The summed E-state index contributed by atoms with van der Waals surface area (Å²) in [5.74, 6) is -1.10. The van der Waals surface area contributed by atoms with Gasteiger partial charge in [-0.1, -0.05) is 12.1 Å². The molecular weight excluding hydrogens is 228 g/mol. The van der Waals surface area contributed by atoms with E-state index in [4.69, 9.17) is 16.7 Å². The maximum Gasteiger partial charge on any atom is 0.307 e. The summed E-state index contributed by atoms with van der Waals surface area (Å²) in [6.07, 6.45) is -0.0797. The number of ketones is 1. The second-order valence-corrected chi connectivity index (χ2v) is 4.35. The van der Waals surface area contributed by atoms with Crippen LogP contribution in [0.25, 0.3) is 0 Å². The summed E-state index contributed by atoms with van der Waals surface area (Å²) < 4.78 is 0. The lowest BCUT2D eigenvalue weighted by Gasteiger charge is -2.07. The van der Waals surface area contributed by atoms with Gasteiger partial charge in [0.05, 0.1) is 11.8 Å². The van der Waals surface area contributed by atoms with E-state index in [-0.39, 0.29) is 12.2 Å². The van der Waals surface area contributed by atoms with Crippen molar-refractivity contribution in [2.75, 3.05) is 0 Å². The molecule has 4 heteroatoms. The molecule has 1 atom stereocenters. The average molecular weight is 241 g/mol. The molecule has 1 aromatic rings. The molecule has 0 aliphatic carbocycles. The first-order chi connectivity index (χ1) is 7.41. The second kappa shape index (κ2) is 5.12. The van der Waals surface area contributed by atoms with Crippen LogP contribution in [0, 0.1) is 6.92 Å². The molecule has 1 unspecified atom stereocenters. The van der Waals surface area contributed by atoms with E-state index in [9.17, 15) is 9.59 Å². The average Bonchev–Trinajstić information content (AvgIpc) is 2.19. The van der Waals surface area contributed by atoms with Gasteiger partial charge in [-0.05, 0) is 31.0 Å². The van der Waals surface area contributed by atoms with Gasteiger partial charge in [-0.3, -0.25) is 9.59 Å². The molecule has 16 heavy (non-hydrogen) atoms. The molecule has 86 valence electrons. The van der Waals surface area contributed by atoms with Gasteiger partial charge in [0.25, 0.3) is 0 Å². The molecule has 0 bridgehead atoms. The first-order valence-electron chi connectivity index (χ1n) is 4.91. The third-order valence-electron chi connectivity index (χ3n) is 2.34. The maximum atomic E-state index is 11.6. The van der Waals surface area contributed by atoms with Crippen LogP contribution in [0.5, 0.6) is 0 Å². The third-order valence-corrected chi connectivity index (χ3v) is 2.53. The smallest absolute Gasteiger partial charge is 0.307 e. The number of alkyl halides is 1. The number of carbonyl (C=O) groups is 2. The highest BCUT2D eigenvalue weighted by atomic mass is 35.5. The number of carbonyl (C=O) groups excluding carboxylic acids is 1. The first kappa shape index (κ1) is 12.7. The lowest BCUT2D eigenvalue weighted by Crippen LogP contribution is -2.12. The van der Waals surface area contributed by atoms with E-state index in [0.29, 0.717) is 11.1 Å². The van der Waals surface area contributed by atoms with Gasteiger partial charge in [0.2, 0.25) is 0 Å². The molecule has 0 fully saturated rings. The van der Waals surface area contributed by atoms with Gasteiger partial charge < -0.3 is 5.11 Å². The van der Waals surface area contributed by atoms with E-state index >= 15 is 0 Å². The Bertz CT molecular complexity index is 424. The summed E-state index contributed by atoms with van der Waals surface area (Å²) in [4.78, 5) is 22.2. The van der Waals surface area contributed by atoms with Crippen LogP contribution < -0.4 is 0 Å². The summed E-state index contributed by atoms with van der Waals surface area (Å²) in [6.45, 7) is 3.41. The highest BCUT2D eigenvalue weighted by Gasteiger charge is 2.14. The predicted octanol–water partition coefficient (Wildman–Crippen LogP) is 2.43. The van der Waals surface area contributed by atoms with E-state index in [1.807, 2.05) is 6.92 Å². The number of Topliss-reactive ketones (excluding diaryl/α,β-unsaturated/α-hetero) is 1. The van der Waals surface area contributed by atoms with Crippen molar-refractivity contribution in [1.29, 1.82) is 0 Å². The number of benzene rings is 1. The predicted molar refractivity (Wildman–Crippen MR) is 62.2 cm³/mol. The van der Waals surface area contributed by atoms with Gasteiger partial charge >= 0.3 is 5.97 Å². The van der Waals surface area contributed by atoms with Crippen molar-refractivity contribution in [3.63, 3.8) is 0 Å². The van der Waals surface area contributed by atoms with Gasteiger partial charge in [0.15, 0.2) is 5.78 Å². The Hall–Kier alpha value is -1.35. The van der Waals surface area contributed by atoms with Gasteiger partial charge in [-0.15, -0.1) is 11.6 Å². The van der Waals surface area contributed by atoms with E-state index in [0.717, 1.165) is 5.56 Å². The van der Waals surface area contributed by atoms with E-state index in [1.165, 1.54) is 0 Å². The normalized spacial score (nSPS) is 12.2. The van der Waals surface area contributed by atoms with Crippen molar-refractivity contribution in [2.24, 2.45) is 0 Å². The van der Waals surface area contributed by atoms with E-state index < -0.39 is 11.3 Å². The fraction of sp³-hybridized carbons (Fsp3) is 0.333. The number of carboxylic acid groups (broad SMARTS) is 1. The van der Waals surface area contributed by atoms with E-state index in [2.05, 4.69) is 0 Å². The number of rotatable bonds is 4. The molecule has 1 aromatic carbocycles. The lowest BCUT2D eigenvalue weighted by molar-refractivity contribution is -0.136. The Kier molecular flexibility index (Phi) is 4.07. The number of halogens is 1. The van der Waals surface area contributed by atoms with Crippen LogP contribution in [-0.4, -0.2) is 22.2 Å². The Balaban J connectivity index is 3.07. The molecule has 0 amide bonds. The Morgan fingerprint density at radius 2 is 2.06 bits per heavy atom. The van der Waals surface area contributed by atoms with Crippen molar-refractivity contribution < 1.29 is 14.7 Å². The minimum Gasteiger partial charge on any atom is -0.481 e. The zero-order chi connectivity index (χ0) is 12.3. The van der Waals surface area contributed by atoms with Crippen molar-refractivity contribution in [3.8, 4) is 0 Å². The topological polar surface area (TPSA) is 54.4 Å². The number of aryl methyl sites for hydroxylation is 1. The molecule has 0 aliphatic rings. The molecule has 0 aliphatic heterocycles. The van der Waals surface area contributed by atoms with Crippen molar-refractivity contribution >= 4 is 23.4 Å². The maximum absolute atomic E-state index is 11.6. The Morgan fingerprint density at radius 1 is 1.44 bits per heavy atom. The monoisotopic (exact) mass is 240 g/mol. The van der Waals surface area contributed by atoms with Gasteiger partial charge in [0.1, 0.15) is 0 Å². The standard InChI is InChI=1S/C12H13ClO3/c1-7-3-4-9(12(16)8(2)13)5-10(7)6-11(14)15/h3-5,8H,6H2,1-2H3,(H,14,15). The molecule has 0 saturated carbocycles. The van der Waals surface area contributed by atoms with Crippen LogP contribution in [-0.2, 0) is 11.2 Å². The minimum atomic E-state index is -0.911. The number of hydrogen-bond acceptors (Lipinski definition) is 2. The molecule has 1 rings (SSSR count). The lowest BCUT2D eigenvalue weighted by atomic mass is 9.99. The Morgan fingerprint density at radius 3 is 2.56 bits per heavy atom. The second-order valence-electron chi connectivity index (χ2n) is 3.69. The summed E-state index contributed by atoms with van der Waals surface area (Å²) in [7, 11) is 0. The first-order valence-corrected chi connectivity index (χ1v) is 5.35. The van der Waals surface area contributed by atoms with Crippen molar-refractivity contribution in [1.82, 2.24) is 0 Å².